The highest BCUT2D eigenvalue weighted by Gasteiger charge is 2.44. The number of hydrogen-bond acceptors (Lipinski definition) is 6. The first kappa shape index (κ1) is 30.9. The molecule has 0 aromatic heterocycles. The molecule has 2 bridgehead atoms. The molecule has 0 saturated heterocycles. The predicted octanol–water partition coefficient (Wildman–Crippen LogP) is 3.62. The molecule has 0 radical (unpaired) electrons. The maximum atomic E-state index is 14.9. The molecule has 1 saturated carbocycles. The summed E-state index contributed by atoms with van der Waals surface area (Å²) >= 11 is 1.60. The third-order valence-electron chi connectivity index (χ3n) is 8.03. The zero-order chi connectivity index (χ0) is 29.4. The van der Waals surface area contributed by atoms with Crippen LogP contribution < -0.4 is 15.4 Å². The topological polar surface area (TPSA) is 90.9 Å². The lowest BCUT2D eigenvalue weighted by Crippen LogP contribution is -2.55. The third-order valence-corrected chi connectivity index (χ3v) is 8.67. The van der Waals surface area contributed by atoms with Gasteiger partial charge < -0.3 is 25.4 Å². The van der Waals surface area contributed by atoms with E-state index in [4.69, 9.17) is 11.2 Å². The normalized spacial score (nSPS) is 22.0. The van der Waals surface area contributed by atoms with Crippen LogP contribution >= 0.6 is 11.8 Å². The van der Waals surface area contributed by atoms with Gasteiger partial charge in [-0.15, -0.1) is 6.42 Å². The SMILES string of the molecule is C#Cc1cccc(C2(NCC(O)C3Cc4ccc(c(F)c4)OCCCCC(=O)N(C)C(CCSC)C(=O)N3)CC2)c1. The fourth-order valence-corrected chi connectivity index (χ4v) is 5.75. The number of aliphatic hydroxyl groups is 1. The third kappa shape index (κ3) is 8.03. The first-order chi connectivity index (χ1) is 19.8. The highest BCUT2D eigenvalue weighted by atomic mass is 32.2. The number of halogens is 1. The van der Waals surface area contributed by atoms with Gasteiger partial charge in [0.05, 0.1) is 18.8 Å². The number of thioether (sulfide) groups is 1. The number of ether oxygens (including phenoxy) is 1. The Labute approximate surface area is 246 Å². The number of rotatable bonds is 8. The van der Waals surface area contributed by atoms with Crippen molar-refractivity contribution in [3.05, 3.63) is 65.0 Å². The minimum absolute atomic E-state index is 0.128. The number of nitrogens with one attached hydrogen (secondary N) is 2. The molecule has 2 heterocycles. The van der Waals surface area contributed by atoms with Crippen molar-refractivity contribution in [3.8, 4) is 18.1 Å². The van der Waals surface area contributed by atoms with Gasteiger partial charge in [-0.2, -0.15) is 11.8 Å². The molecule has 220 valence electrons. The zero-order valence-electron chi connectivity index (χ0n) is 23.8. The van der Waals surface area contributed by atoms with Crippen molar-refractivity contribution in [1.29, 1.82) is 0 Å². The fourth-order valence-electron chi connectivity index (χ4n) is 5.29. The van der Waals surface area contributed by atoms with Crippen molar-refractivity contribution in [1.82, 2.24) is 15.5 Å². The molecule has 1 fully saturated rings. The first-order valence-electron chi connectivity index (χ1n) is 14.2. The summed E-state index contributed by atoms with van der Waals surface area (Å²) in [6, 6.07) is 11.2. The van der Waals surface area contributed by atoms with Gasteiger partial charge in [-0.05, 0) is 85.9 Å². The lowest BCUT2D eigenvalue weighted by molar-refractivity contribution is -0.139. The number of benzene rings is 2. The van der Waals surface area contributed by atoms with Crippen molar-refractivity contribution in [3.63, 3.8) is 0 Å². The summed E-state index contributed by atoms with van der Waals surface area (Å²) in [7, 11) is 1.66. The van der Waals surface area contributed by atoms with Crippen LogP contribution in [0.15, 0.2) is 42.5 Å². The molecule has 2 amide bonds. The van der Waals surface area contributed by atoms with Gasteiger partial charge in [-0.25, -0.2) is 4.39 Å². The van der Waals surface area contributed by atoms with E-state index < -0.39 is 24.0 Å². The number of terminal acetylenes is 1. The predicted molar refractivity (Wildman–Crippen MR) is 160 cm³/mol. The van der Waals surface area contributed by atoms with Crippen LogP contribution in [0.4, 0.5) is 4.39 Å². The van der Waals surface area contributed by atoms with Crippen LogP contribution in [0.1, 0.15) is 55.2 Å². The van der Waals surface area contributed by atoms with Gasteiger partial charge in [0.25, 0.3) is 0 Å². The Morgan fingerprint density at radius 2 is 2.07 bits per heavy atom. The summed E-state index contributed by atoms with van der Waals surface area (Å²) < 4.78 is 20.5. The Balaban J connectivity index is 1.57. The van der Waals surface area contributed by atoms with Gasteiger partial charge in [0.15, 0.2) is 11.6 Å². The van der Waals surface area contributed by atoms with Crippen molar-refractivity contribution >= 4 is 23.6 Å². The lowest BCUT2D eigenvalue weighted by Gasteiger charge is -2.32. The van der Waals surface area contributed by atoms with Crippen LogP contribution in [0.5, 0.6) is 5.75 Å². The molecule has 1 aliphatic carbocycles. The van der Waals surface area contributed by atoms with Gasteiger partial charge in [0, 0.05) is 31.1 Å². The largest absolute Gasteiger partial charge is 0.491 e. The van der Waals surface area contributed by atoms with E-state index in [-0.39, 0.29) is 42.5 Å². The molecular weight excluding hydrogens is 541 g/mol. The molecule has 2 aromatic carbocycles. The van der Waals surface area contributed by atoms with Crippen LogP contribution in [0, 0.1) is 18.2 Å². The molecule has 7 nitrogen and oxygen atoms in total. The van der Waals surface area contributed by atoms with E-state index in [9.17, 15) is 19.1 Å². The Hall–Kier alpha value is -3.06. The van der Waals surface area contributed by atoms with E-state index in [1.807, 2.05) is 30.5 Å². The number of fused-ring (bicyclic) bond motifs is 13. The standard InChI is InChI=1S/C32H40FN3O4S/c1-4-22-8-7-9-24(18-22)32(14-15-32)34-21-28(37)26-20-23-11-12-29(25(33)19-23)40-16-6-5-10-30(38)36(2)27(13-17-41-3)31(39)35-26/h1,7-9,11-12,18-19,26-28,34,37H,5-6,10,13-17,20-21H2,2-3H3,(H,35,39). The van der Waals surface area contributed by atoms with E-state index in [2.05, 4.69) is 16.6 Å². The maximum absolute atomic E-state index is 14.9. The van der Waals surface area contributed by atoms with Crippen LogP contribution in [0.25, 0.3) is 0 Å². The second-order valence-corrected chi connectivity index (χ2v) is 11.9. The molecular formula is C32H40FN3O4S. The van der Waals surface area contributed by atoms with Crippen molar-refractivity contribution < 1.29 is 23.8 Å². The van der Waals surface area contributed by atoms with Crippen molar-refractivity contribution in [2.75, 3.05) is 32.2 Å². The summed E-state index contributed by atoms with van der Waals surface area (Å²) in [5.41, 5.74) is 2.20. The minimum Gasteiger partial charge on any atom is -0.491 e. The summed E-state index contributed by atoms with van der Waals surface area (Å²) in [5, 5.41) is 17.9. The average molecular weight is 582 g/mol. The van der Waals surface area contributed by atoms with Crippen LogP contribution in [-0.4, -0.2) is 72.2 Å². The number of aliphatic hydroxyl groups excluding tert-OH is 1. The highest BCUT2D eigenvalue weighted by Crippen LogP contribution is 2.45. The number of hydrogen-bond donors (Lipinski definition) is 3. The van der Waals surface area contributed by atoms with Gasteiger partial charge in [0.2, 0.25) is 11.8 Å². The van der Waals surface area contributed by atoms with Gasteiger partial charge in [0.1, 0.15) is 6.04 Å². The average Bonchev–Trinajstić information content (AvgIpc) is 3.77. The first-order valence-corrected chi connectivity index (χ1v) is 15.6. The van der Waals surface area contributed by atoms with Gasteiger partial charge in [-0.1, -0.05) is 24.1 Å². The quantitative estimate of drug-likeness (QED) is 0.413. The molecule has 3 unspecified atom stereocenters. The van der Waals surface area contributed by atoms with Crippen LogP contribution in [-0.2, 0) is 21.5 Å². The fraction of sp³-hybridized carbons (Fsp3) is 0.500. The number of likely N-dealkylation sites (N-methyl/N-ethyl adjacent to an activating group) is 1. The molecule has 9 heteroatoms. The molecule has 41 heavy (non-hydrogen) atoms. The molecule has 2 aliphatic heterocycles. The summed E-state index contributed by atoms with van der Waals surface area (Å²) in [4.78, 5) is 28.1. The molecule has 3 aliphatic rings. The summed E-state index contributed by atoms with van der Waals surface area (Å²) in [6.07, 6.45) is 10.5. The Kier molecular flexibility index (Phi) is 10.7. The molecule has 2 aromatic rings. The molecule has 5 rings (SSSR count). The van der Waals surface area contributed by atoms with Crippen molar-refractivity contribution in [2.45, 2.75) is 68.7 Å². The minimum atomic E-state index is -0.979. The smallest absolute Gasteiger partial charge is 0.243 e. The summed E-state index contributed by atoms with van der Waals surface area (Å²) in [6.45, 7) is 0.502. The second kappa shape index (κ2) is 14.2. The van der Waals surface area contributed by atoms with Crippen LogP contribution in [0.2, 0.25) is 0 Å². The summed E-state index contributed by atoms with van der Waals surface area (Å²) in [5.74, 6) is 2.57. The Bertz CT molecular complexity index is 1260. The van der Waals surface area contributed by atoms with E-state index in [1.165, 1.54) is 11.0 Å². The van der Waals surface area contributed by atoms with Gasteiger partial charge in [-0.3, -0.25) is 9.59 Å². The highest BCUT2D eigenvalue weighted by molar-refractivity contribution is 7.98. The second-order valence-electron chi connectivity index (χ2n) is 10.9. The lowest BCUT2D eigenvalue weighted by atomic mass is 9.98. The molecule has 0 spiro atoms. The van der Waals surface area contributed by atoms with E-state index in [1.54, 1.807) is 30.9 Å². The van der Waals surface area contributed by atoms with E-state index >= 15 is 0 Å². The number of nitrogens with zero attached hydrogens (tertiary/aromatic N) is 1. The molecule has 3 atom stereocenters. The Morgan fingerprint density at radius 3 is 2.78 bits per heavy atom. The number of carbonyl (C=O) groups excluding carboxylic acids is 2. The van der Waals surface area contributed by atoms with Crippen molar-refractivity contribution in [2.24, 2.45) is 0 Å². The van der Waals surface area contributed by atoms with E-state index in [0.717, 1.165) is 24.0 Å². The number of carbonyl (C=O) groups is 2. The Morgan fingerprint density at radius 1 is 1.27 bits per heavy atom. The van der Waals surface area contributed by atoms with Gasteiger partial charge >= 0.3 is 0 Å². The zero-order valence-corrected chi connectivity index (χ0v) is 24.6. The van der Waals surface area contributed by atoms with E-state index in [0.29, 0.717) is 37.2 Å². The number of amides is 2. The van der Waals surface area contributed by atoms with Crippen LogP contribution in [0.3, 0.4) is 0 Å². The maximum Gasteiger partial charge on any atom is 0.243 e. The molecule has 3 N–H and O–H groups in total. The monoisotopic (exact) mass is 581 g/mol.